The highest BCUT2D eigenvalue weighted by atomic mass is 35.5. The van der Waals surface area contributed by atoms with Crippen LogP contribution in [0.4, 0.5) is 5.95 Å². The number of anilines is 1. The molecule has 0 amide bonds. The number of aromatic nitrogens is 4. The molecular weight excluding hydrogens is 410 g/mol. The van der Waals surface area contributed by atoms with Crippen molar-refractivity contribution in [2.75, 3.05) is 4.72 Å². The first kappa shape index (κ1) is 21.3. The van der Waals surface area contributed by atoms with Crippen LogP contribution >= 0.6 is 11.6 Å². The summed E-state index contributed by atoms with van der Waals surface area (Å²) in [5.41, 5.74) is 3.58. The lowest BCUT2D eigenvalue weighted by atomic mass is 9.94. The molecule has 0 aliphatic rings. The van der Waals surface area contributed by atoms with E-state index in [-0.39, 0.29) is 10.8 Å². The van der Waals surface area contributed by atoms with Crippen LogP contribution in [0.2, 0.25) is 0 Å². The Bertz CT molecular complexity index is 1120. The van der Waals surface area contributed by atoms with E-state index in [0.29, 0.717) is 18.5 Å². The monoisotopic (exact) mass is 433 g/mol. The van der Waals surface area contributed by atoms with Gasteiger partial charge >= 0.3 is 0 Å². The van der Waals surface area contributed by atoms with Crippen molar-refractivity contribution < 1.29 is 8.42 Å². The summed E-state index contributed by atoms with van der Waals surface area (Å²) in [4.78, 5) is 8.39. The minimum absolute atomic E-state index is 0.0148. The molecule has 9 heteroatoms. The summed E-state index contributed by atoms with van der Waals surface area (Å²) < 4.78 is 29.1. The van der Waals surface area contributed by atoms with Crippen LogP contribution in [0.1, 0.15) is 31.9 Å². The van der Waals surface area contributed by atoms with Crippen molar-refractivity contribution in [3.05, 3.63) is 54.0 Å². The van der Waals surface area contributed by atoms with Crippen LogP contribution in [0.25, 0.3) is 11.3 Å². The second kappa shape index (κ2) is 8.12. The highest BCUT2D eigenvalue weighted by Crippen LogP contribution is 2.30. The summed E-state index contributed by atoms with van der Waals surface area (Å²) in [5, 5.41) is 3.91. The molecule has 0 spiro atoms. The number of aryl methyl sites for hydroxylation is 2. The average molecular weight is 434 g/mol. The van der Waals surface area contributed by atoms with Gasteiger partial charge in [-0.25, -0.2) is 23.1 Å². The van der Waals surface area contributed by atoms with Gasteiger partial charge in [-0.1, -0.05) is 31.2 Å². The van der Waals surface area contributed by atoms with Crippen LogP contribution < -0.4 is 4.72 Å². The zero-order valence-electron chi connectivity index (χ0n) is 16.8. The maximum Gasteiger partial charge on any atom is 0.267 e. The molecule has 3 aromatic rings. The number of halogens is 1. The fourth-order valence-corrected chi connectivity index (χ4v) is 4.10. The van der Waals surface area contributed by atoms with Crippen LogP contribution in [0.15, 0.2) is 47.8 Å². The largest absolute Gasteiger partial charge is 0.274 e. The van der Waals surface area contributed by atoms with E-state index >= 15 is 0 Å². The topological polar surface area (TPSA) is 89.8 Å². The summed E-state index contributed by atoms with van der Waals surface area (Å²) in [6.45, 7) is 5.93. The molecule has 29 heavy (non-hydrogen) atoms. The smallest absolute Gasteiger partial charge is 0.267 e. The van der Waals surface area contributed by atoms with Gasteiger partial charge in [0.05, 0.1) is 11.9 Å². The molecule has 0 radical (unpaired) electrons. The van der Waals surface area contributed by atoms with Gasteiger partial charge in [0.2, 0.25) is 5.95 Å². The number of hydrogen-bond acceptors (Lipinski definition) is 5. The van der Waals surface area contributed by atoms with Crippen molar-refractivity contribution >= 4 is 27.6 Å². The van der Waals surface area contributed by atoms with Gasteiger partial charge in [-0.15, -0.1) is 11.6 Å². The number of benzene rings is 1. The Kier molecular flexibility index (Phi) is 5.95. The molecule has 7 nitrogen and oxygen atoms in total. The summed E-state index contributed by atoms with van der Waals surface area (Å²) in [6.07, 6.45) is 5.72. The van der Waals surface area contributed by atoms with E-state index in [4.69, 9.17) is 11.6 Å². The Hall–Kier alpha value is -2.45. The molecule has 2 aromatic heterocycles. The molecule has 0 saturated heterocycles. The van der Waals surface area contributed by atoms with Crippen molar-refractivity contribution in [3.63, 3.8) is 0 Å². The molecule has 0 fully saturated rings. The quantitative estimate of drug-likeness (QED) is 0.572. The van der Waals surface area contributed by atoms with E-state index in [2.05, 4.69) is 19.8 Å². The minimum atomic E-state index is -3.83. The SMILES string of the molecule is CCc1cnc(NS(=O)(=O)c2cnn(C)c2)nc1-c1ccccc1CC(C)(C)Cl. The van der Waals surface area contributed by atoms with Crippen molar-refractivity contribution in [2.24, 2.45) is 7.05 Å². The molecule has 0 bridgehead atoms. The second-order valence-corrected chi connectivity index (χ2v) is 10.1. The Morgan fingerprint density at radius 2 is 1.90 bits per heavy atom. The lowest BCUT2D eigenvalue weighted by Gasteiger charge is -2.19. The molecule has 0 aliphatic heterocycles. The molecule has 2 heterocycles. The van der Waals surface area contributed by atoms with E-state index in [9.17, 15) is 8.42 Å². The van der Waals surface area contributed by atoms with E-state index in [1.807, 2.05) is 45.0 Å². The Morgan fingerprint density at radius 1 is 1.17 bits per heavy atom. The molecule has 0 aliphatic carbocycles. The summed E-state index contributed by atoms with van der Waals surface area (Å²) in [6, 6.07) is 7.88. The van der Waals surface area contributed by atoms with Gasteiger partial charge in [0.15, 0.2) is 0 Å². The van der Waals surface area contributed by atoms with Crippen molar-refractivity contribution in [3.8, 4) is 11.3 Å². The number of sulfonamides is 1. The Balaban J connectivity index is 2.03. The predicted molar refractivity (Wildman–Crippen MR) is 114 cm³/mol. The third-order valence-corrected chi connectivity index (χ3v) is 5.76. The lowest BCUT2D eigenvalue weighted by Crippen LogP contribution is -2.16. The normalized spacial score (nSPS) is 12.2. The maximum absolute atomic E-state index is 12.6. The number of alkyl halides is 1. The first-order valence-corrected chi connectivity index (χ1v) is 11.1. The standard InChI is InChI=1S/C20H24ClN5O2S/c1-5-14-11-22-19(25-29(27,28)16-12-23-26(4)13-16)24-18(14)17-9-7-6-8-15(17)10-20(2,3)21/h6-9,11-13H,5,10H2,1-4H3,(H,22,24,25). The molecular formula is C20H24ClN5O2S. The van der Waals surface area contributed by atoms with Crippen LogP contribution in [0, 0.1) is 0 Å². The molecule has 0 unspecified atom stereocenters. The van der Waals surface area contributed by atoms with E-state index in [1.54, 1.807) is 13.2 Å². The first-order chi connectivity index (χ1) is 13.6. The molecule has 154 valence electrons. The highest BCUT2D eigenvalue weighted by Gasteiger charge is 2.21. The summed E-state index contributed by atoms with van der Waals surface area (Å²) >= 11 is 6.46. The minimum Gasteiger partial charge on any atom is -0.274 e. The molecule has 1 aromatic carbocycles. The van der Waals surface area contributed by atoms with Gasteiger partial charge in [0, 0.05) is 29.9 Å². The highest BCUT2D eigenvalue weighted by molar-refractivity contribution is 7.92. The number of hydrogen-bond donors (Lipinski definition) is 1. The zero-order chi connectivity index (χ0) is 21.2. The number of nitrogens with zero attached hydrogens (tertiary/aromatic N) is 4. The number of nitrogens with one attached hydrogen (secondary N) is 1. The predicted octanol–water partition coefficient (Wildman–Crippen LogP) is 3.80. The van der Waals surface area contributed by atoms with Crippen LogP contribution in [-0.4, -0.2) is 33.0 Å². The molecule has 0 atom stereocenters. The fraction of sp³-hybridized carbons (Fsp3) is 0.350. The summed E-state index contributed by atoms with van der Waals surface area (Å²) in [7, 11) is -2.18. The zero-order valence-corrected chi connectivity index (χ0v) is 18.4. The van der Waals surface area contributed by atoms with Gasteiger partial charge < -0.3 is 0 Å². The maximum atomic E-state index is 12.6. The molecule has 3 rings (SSSR count). The van der Waals surface area contributed by atoms with E-state index in [0.717, 1.165) is 16.7 Å². The Morgan fingerprint density at radius 3 is 2.52 bits per heavy atom. The second-order valence-electron chi connectivity index (χ2n) is 7.43. The van der Waals surface area contributed by atoms with E-state index in [1.165, 1.54) is 17.1 Å². The van der Waals surface area contributed by atoms with Crippen LogP contribution in [-0.2, 0) is 29.9 Å². The van der Waals surface area contributed by atoms with Crippen LogP contribution in [0.5, 0.6) is 0 Å². The van der Waals surface area contributed by atoms with Crippen molar-refractivity contribution in [2.45, 2.75) is 43.4 Å². The van der Waals surface area contributed by atoms with Gasteiger partial charge in [0.1, 0.15) is 4.90 Å². The third-order valence-electron chi connectivity index (χ3n) is 4.35. The van der Waals surface area contributed by atoms with Crippen molar-refractivity contribution in [1.82, 2.24) is 19.7 Å². The molecule has 0 saturated carbocycles. The molecule has 1 N–H and O–H groups in total. The van der Waals surface area contributed by atoms with Crippen LogP contribution in [0.3, 0.4) is 0 Å². The number of rotatable bonds is 7. The van der Waals surface area contributed by atoms with E-state index < -0.39 is 14.9 Å². The third kappa shape index (κ3) is 5.13. The van der Waals surface area contributed by atoms with Gasteiger partial charge in [-0.05, 0) is 37.8 Å². The first-order valence-electron chi connectivity index (χ1n) is 9.23. The van der Waals surface area contributed by atoms with Gasteiger partial charge in [0.25, 0.3) is 10.0 Å². The lowest BCUT2D eigenvalue weighted by molar-refractivity contribution is 0.600. The van der Waals surface area contributed by atoms with Gasteiger partial charge in [-0.2, -0.15) is 5.10 Å². The Labute approximate surface area is 176 Å². The van der Waals surface area contributed by atoms with Crippen molar-refractivity contribution in [1.29, 1.82) is 0 Å². The fourth-order valence-electron chi connectivity index (χ4n) is 3.02. The van der Waals surface area contributed by atoms with Gasteiger partial charge in [-0.3, -0.25) is 4.68 Å². The summed E-state index contributed by atoms with van der Waals surface area (Å²) in [5.74, 6) is 0.0148. The average Bonchev–Trinajstić information content (AvgIpc) is 3.08.